The van der Waals surface area contributed by atoms with E-state index >= 15 is 0 Å². The number of nitriles is 1. The Hall–Kier alpha value is -4.63. The van der Waals surface area contributed by atoms with Crippen molar-refractivity contribution in [2.75, 3.05) is 7.11 Å². The van der Waals surface area contributed by atoms with Crippen molar-refractivity contribution < 1.29 is 14.3 Å². The molecule has 0 unspecified atom stereocenters. The zero-order valence-electron chi connectivity index (χ0n) is 18.0. The second kappa shape index (κ2) is 10.1. The quantitative estimate of drug-likeness (QED) is 0.280. The molecule has 4 aromatic rings. The summed E-state index contributed by atoms with van der Waals surface area (Å²) in [6, 6.07) is 22.0. The number of hydrogen-bond acceptors (Lipinski definition) is 5. The smallest absolute Gasteiger partial charge is 0.185 e. The van der Waals surface area contributed by atoms with E-state index in [1.54, 1.807) is 68.2 Å². The number of benzene rings is 3. The van der Waals surface area contributed by atoms with Gasteiger partial charge in [-0.2, -0.15) is 5.26 Å². The highest BCUT2D eigenvalue weighted by Gasteiger charge is 2.07. The maximum absolute atomic E-state index is 12.6. The van der Waals surface area contributed by atoms with Gasteiger partial charge in [0.05, 0.1) is 25.1 Å². The van der Waals surface area contributed by atoms with Gasteiger partial charge < -0.3 is 14.0 Å². The summed E-state index contributed by atoms with van der Waals surface area (Å²) >= 11 is 0. The minimum absolute atomic E-state index is 0.0848. The number of nitrogens with zero attached hydrogens (tertiary/aromatic N) is 3. The van der Waals surface area contributed by atoms with E-state index in [-0.39, 0.29) is 5.78 Å². The molecular weight excluding hydrogens is 414 g/mol. The van der Waals surface area contributed by atoms with Crippen LogP contribution in [0.15, 0.2) is 91.5 Å². The number of rotatable bonds is 8. The third-order valence-electron chi connectivity index (χ3n) is 5.06. The number of methoxy groups -OCH3 is 1. The average molecular weight is 435 g/mol. The number of aromatic nitrogens is 2. The first-order valence-electron chi connectivity index (χ1n) is 10.3. The van der Waals surface area contributed by atoms with Gasteiger partial charge in [0, 0.05) is 29.2 Å². The molecule has 6 nitrogen and oxygen atoms in total. The number of imidazole rings is 1. The summed E-state index contributed by atoms with van der Waals surface area (Å²) in [6.45, 7) is 0.292. The monoisotopic (exact) mass is 435 g/mol. The van der Waals surface area contributed by atoms with Crippen LogP contribution in [0.1, 0.15) is 27.0 Å². The lowest BCUT2D eigenvalue weighted by atomic mass is 10.1. The van der Waals surface area contributed by atoms with E-state index in [1.807, 2.05) is 41.1 Å². The molecule has 0 aliphatic heterocycles. The molecule has 4 rings (SSSR count). The van der Waals surface area contributed by atoms with Gasteiger partial charge in [0.15, 0.2) is 5.78 Å². The molecule has 0 aliphatic rings. The van der Waals surface area contributed by atoms with Crippen LogP contribution >= 0.6 is 0 Å². The molecule has 0 fully saturated rings. The molecule has 0 amide bonds. The molecule has 0 saturated carbocycles. The van der Waals surface area contributed by atoms with E-state index in [0.29, 0.717) is 29.2 Å². The maximum atomic E-state index is 12.6. The zero-order chi connectivity index (χ0) is 23.0. The van der Waals surface area contributed by atoms with Crippen molar-refractivity contribution in [3.63, 3.8) is 0 Å². The van der Waals surface area contributed by atoms with Crippen LogP contribution in [-0.2, 0) is 6.61 Å². The molecule has 6 heteroatoms. The fourth-order valence-electron chi connectivity index (χ4n) is 3.28. The first-order chi connectivity index (χ1) is 16.2. The summed E-state index contributed by atoms with van der Waals surface area (Å²) in [4.78, 5) is 16.6. The predicted molar refractivity (Wildman–Crippen MR) is 125 cm³/mol. The third kappa shape index (κ3) is 5.35. The molecule has 0 N–H and O–H groups in total. The van der Waals surface area contributed by atoms with Gasteiger partial charge in [-0.25, -0.2) is 4.98 Å². The Morgan fingerprint density at radius 1 is 1.09 bits per heavy atom. The van der Waals surface area contributed by atoms with Gasteiger partial charge in [-0.3, -0.25) is 4.79 Å². The average Bonchev–Trinajstić information content (AvgIpc) is 3.41. The lowest BCUT2D eigenvalue weighted by molar-refractivity contribution is 0.104. The molecule has 0 saturated heterocycles. The summed E-state index contributed by atoms with van der Waals surface area (Å²) in [6.07, 6.45) is 8.60. The molecule has 0 spiro atoms. The van der Waals surface area contributed by atoms with Crippen LogP contribution in [0.25, 0.3) is 11.8 Å². The van der Waals surface area contributed by atoms with Crippen molar-refractivity contribution >= 4 is 11.9 Å². The Labute approximate surface area is 192 Å². The van der Waals surface area contributed by atoms with E-state index in [4.69, 9.17) is 14.7 Å². The topological polar surface area (TPSA) is 77.1 Å². The molecular formula is C27H21N3O3. The summed E-state index contributed by atoms with van der Waals surface area (Å²) in [5.41, 5.74) is 3.83. The van der Waals surface area contributed by atoms with Crippen molar-refractivity contribution in [2.45, 2.75) is 6.61 Å². The third-order valence-corrected chi connectivity index (χ3v) is 5.06. The second-order valence-corrected chi connectivity index (χ2v) is 7.21. The van der Waals surface area contributed by atoms with Crippen LogP contribution in [0.3, 0.4) is 0 Å². The van der Waals surface area contributed by atoms with Crippen molar-refractivity contribution in [2.24, 2.45) is 0 Å². The fourth-order valence-corrected chi connectivity index (χ4v) is 3.28. The van der Waals surface area contributed by atoms with E-state index in [9.17, 15) is 4.79 Å². The number of allylic oxidation sites excluding steroid dienone is 1. The Morgan fingerprint density at radius 2 is 1.88 bits per heavy atom. The molecule has 1 heterocycles. The SMILES string of the molecule is COc1ccc(/C=C/C(=O)c2ccc(-n3ccnc3)cc2)cc1COc1ccc(C#N)cc1. The number of hydrogen-bond donors (Lipinski definition) is 0. The first-order valence-corrected chi connectivity index (χ1v) is 10.3. The van der Waals surface area contributed by atoms with E-state index < -0.39 is 0 Å². The Morgan fingerprint density at radius 3 is 2.55 bits per heavy atom. The molecule has 0 aliphatic carbocycles. The Balaban J connectivity index is 1.44. The van der Waals surface area contributed by atoms with Crippen LogP contribution in [0.4, 0.5) is 0 Å². The minimum atomic E-state index is -0.0848. The van der Waals surface area contributed by atoms with Crippen molar-refractivity contribution in [3.8, 4) is 23.3 Å². The van der Waals surface area contributed by atoms with E-state index in [2.05, 4.69) is 11.1 Å². The highest BCUT2D eigenvalue weighted by Crippen LogP contribution is 2.23. The molecule has 162 valence electrons. The van der Waals surface area contributed by atoms with Crippen LogP contribution < -0.4 is 9.47 Å². The molecule has 0 radical (unpaired) electrons. The number of ether oxygens (including phenoxy) is 2. The lowest BCUT2D eigenvalue weighted by Crippen LogP contribution is -1.99. The lowest BCUT2D eigenvalue weighted by Gasteiger charge is -2.11. The van der Waals surface area contributed by atoms with Gasteiger partial charge in [0.25, 0.3) is 0 Å². The van der Waals surface area contributed by atoms with Gasteiger partial charge >= 0.3 is 0 Å². The van der Waals surface area contributed by atoms with Gasteiger partial charge in [-0.1, -0.05) is 12.1 Å². The summed E-state index contributed by atoms with van der Waals surface area (Å²) in [7, 11) is 1.60. The summed E-state index contributed by atoms with van der Waals surface area (Å²) in [5, 5.41) is 8.91. The first kappa shape index (κ1) is 21.6. The zero-order valence-corrected chi connectivity index (χ0v) is 18.0. The number of ketones is 1. The normalized spacial score (nSPS) is 10.7. The van der Waals surface area contributed by atoms with Crippen molar-refractivity contribution in [3.05, 3.63) is 114 Å². The van der Waals surface area contributed by atoms with E-state index in [1.165, 1.54) is 0 Å². The van der Waals surface area contributed by atoms with Gasteiger partial charge in [0.2, 0.25) is 0 Å². The predicted octanol–water partition coefficient (Wildman–Crippen LogP) is 5.23. The minimum Gasteiger partial charge on any atom is -0.496 e. The largest absolute Gasteiger partial charge is 0.496 e. The van der Waals surface area contributed by atoms with Gasteiger partial charge in [-0.05, 0) is 72.3 Å². The van der Waals surface area contributed by atoms with E-state index in [0.717, 1.165) is 16.8 Å². The molecule has 3 aromatic carbocycles. The van der Waals surface area contributed by atoms with Crippen molar-refractivity contribution in [1.29, 1.82) is 5.26 Å². The Bertz CT molecular complexity index is 1300. The molecule has 33 heavy (non-hydrogen) atoms. The second-order valence-electron chi connectivity index (χ2n) is 7.21. The fraction of sp³-hybridized carbons (Fsp3) is 0.0741. The highest BCUT2D eigenvalue weighted by atomic mass is 16.5. The van der Waals surface area contributed by atoms with Gasteiger partial charge in [-0.15, -0.1) is 0 Å². The van der Waals surface area contributed by atoms with Crippen molar-refractivity contribution in [1.82, 2.24) is 9.55 Å². The summed E-state index contributed by atoms with van der Waals surface area (Å²) in [5.74, 6) is 1.27. The summed E-state index contributed by atoms with van der Waals surface area (Å²) < 4.78 is 13.2. The van der Waals surface area contributed by atoms with Gasteiger partial charge in [0.1, 0.15) is 18.1 Å². The molecule has 0 atom stereocenters. The highest BCUT2D eigenvalue weighted by molar-refractivity contribution is 6.06. The van der Waals surface area contributed by atoms with Crippen LogP contribution in [0.5, 0.6) is 11.5 Å². The number of carbonyl (C=O) groups is 1. The standard InChI is InChI=1S/C27H21N3O3/c1-32-27-13-5-20(16-23(27)18-33-25-10-2-21(17-28)3-11-25)4-12-26(31)22-6-8-24(9-7-22)30-15-14-29-19-30/h2-16,19H,18H2,1H3/b12-4+. The maximum Gasteiger partial charge on any atom is 0.185 e. The molecule has 0 bridgehead atoms. The van der Waals surface area contributed by atoms with Crippen LogP contribution in [0.2, 0.25) is 0 Å². The Kier molecular flexibility index (Phi) is 6.62. The number of carbonyl (C=O) groups excluding carboxylic acids is 1. The van der Waals surface area contributed by atoms with Crippen LogP contribution in [-0.4, -0.2) is 22.4 Å². The van der Waals surface area contributed by atoms with Crippen LogP contribution in [0, 0.1) is 11.3 Å². The molecule has 1 aromatic heterocycles.